The lowest BCUT2D eigenvalue weighted by molar-refractivity contribution is -0.137. The average molecular weight is 344 g/mol. The molecule has 2 aromatic rings. The molecule has 0 aliphatic rings. The SMILES string of the molecule is CC(C#N)c1ccccn1.CCc1ccc(F)c(OCCC(=O)O)c1. The van der Waals surface area contributed by atoms with Gasteiger partial charge in [0.15, 0.2) is 11.6 Å². The van der Waals surface area contributed by atoms with Gasteiger partial charge in [0, 0.05) is 6.20 Å². The lowest BCUT2D eigenvalue weighted by Gasteiger charge is -2.07. The number of carbonyl (C=O) groups is 1. The van der Waals surface area contributed by atoms with Crippen LogP contribution in [0.3, 0.4) is 0 Å². The molecule has 1 atom stereocenters. The van der Waals surface area contributed by atoms with Crippen LogP contribution < -0.4 is 4.74 Å². The number of carboxylic acids is 1. The third-order valence-electron chi connectivity index (χ3n) is 3.30. The molecule has 1 N–H and O–H groups in total. The van der Waals surface area contributed by atoms with Gasteiger partial charge in [-0.15, -0.1) is 0 Å². The number of benzene rings is 1. The Balaban J connectivity index is 0.000000271. The Hall–Kier alpha value is -2.94. The van der Waals surface area contributed by atoms with Crippen molar-refractivity contribution in [3.8, 4) is 11.8 Å². The van der Waals surface area contributed by atoms with E-state index in [1.54, 1.807) is 18.3 Å². The van der Waals surface area contributed by atoms with Crippen molar-refractivity contribution in [1.82, 2.24) is 4.98 Å². The molecule has 1 unspecified atom stereocenters. The van der Waals surface area contributed by atoms with E-state index in [1.165, 1.54) is 6.07 Å². The number of carboxylic acid groups (broad SMARTS) is 1. The van der Waals surface area contributed by atoms with Crippen LogP contribution in [0, 0.1) is 17.1 Å². The molecule has 132 valence electrons. The first-order chi connectivity index (χ1) is 12.0. The van der Waals surface area contributed by atoms with Gasteiger partial charge in [0.2, 0.25) is 0 Å². The fourth-order valence-electron chi connectivity index (χ4n) is 1.82. The standard InChI is InChI=1S/C11H13FO3.C8H8N2/c1-2-8-3-4-9(12)10(7-8)15-6-5-11(13)14;1-7(6-9)8-4-2-3-5-10-8/h3-4,7H,2,5-6H2,1H3,(H,13,14);2-5,7H,1H3. The highest BCUT2D eigenvalue weighted by molar-refractivity contribution is 5.66. The van der Waals surface area contributed by atoms with Crippen molar-refractivity contribution in [3.05, 3.63) is 59.7 Å². The van der Waals surface area contributed by atoms with Crippen LogP contribution in [-0.2, 0) is 11.2 Å². The van der Waals surface area contributed by atoms with E-state index >= 15 is 0 Å². The van der Waals surface area contributed by atoms with Gasteiger partial charge in [0.1, 0.15) is 0 Å². The molecular formula is C19H21FN2O3. The molecule has 0 aliphatic carbocycles. The number of aliphatic carboxylic acids is 1. The summed E-state index contributed by atoms with van der Waals surface area (Å²) in [5.41, 5.74) is 1.80. The number of nitrogens with zero attached hydrogens (tertiary/aromatic N) is 2. The number of nitriles is 1. The number of hydrogen-bond acceptors (Lipinski definition) is 4. The van der Waals surface area contributed by atoms with Crippen LogP contribution >= 0.6 is 0 Å². The second kappa shape index (κ2) is 10.8. The average Bonchev–Trinajstić information content (AvgIpc) is 2.63. The number of aryl methyl sites for hydroxylation is 1. The first-order valence-electron chi connectivity index (χ1n) is 7.91. The highest BCUT2D eigenvalue weighted by Crippen LogP contribution is 2.19. The molecular weight excluding hydrogens is 323 g/mol. The minimum atomic E-state index is -0.956. The predicted molar refractivity (Wildman–Crippen MR) is 91.8 cm³/mol. The second-order valence-corrected chi connectivity index (χ2v) is 5.22. The summed E-state index contributed by atoms with van der Waals surface area (Å²) in [5.74, 6) is -1.39. The summed E-state index contributed by atoms with van der Waals surface area (Å²) >= 11 is 0. The maximum Gasteiger partial charge on any atom is 0.306 e. The van der Waals surface area contributed by atoms with Crippen LogP contribution in [-0.4, -0.2) is 22.7 Å². The van der Waals surface area contributed by atoms with Crippen molar-refractivity contribution in [3.63, 3.8) is 0 Å². The van der Waals surface area contributed by atoms with Crippen LogP contribution in [0.1, 0.15) is 37.4 Å². The Bertz CT molecular complexity index is 714. The van der Waals surface area contributed by atoms with E-state index in [4.69, 9.17) is 15.1 Å². The van der Waals surface area contributed by atoms with E-state index < -0.39 is 11.8 Å². The van der Waals surface area contributed by atoms with E-state index in [0.717, 1.165) is 17.7 Å². The van der Waals surface area contributed by atoms with Crippen LogP contribution in [0.25, 0.3) is 0 Å². The number of hydrogen-bond donors (Lipinski definition) is 1. The van der Waals surface area contributed by atoms with Crippen molar-refractivity contribution in [2.45, 2.75) is 32.6 Å². The molecule has 25 heavy (non-hydrogen) atoms. The predicted octanol–water partition coefficient (Wildman–Crippen LogP) is 3.95. The van der Waals surface area contributed by atoms with Gasteiger partial charge >= 0.3 is 5.97 Å². The molecule has 1 aromatic carbocycles. The monoisotopic (exact) mass is 344 g/mol. The molecule has 0 spiro atoms. The minimum Gasteiger partial charge on any atom is -0.490 e. The zero-order valence-corrected chi connectivity index (χ0v) is 14.3. The molecule has 6 heteroatoms. The Morgan fingerprint density at radius 1 is 1.40 bits per heavy atom. The lowest BCUT2D eigenvalue weighted by Crippen LogP contribution is -2.05. The Kier molecular flexibility index (Phi) is 8.66. The maximum atomic E-state index is 13.2. The van der Waals surface area contributed by atoms with Crippen molar-refractivity contribution < 1.29 is 19.0 Å². The van der Waals surface area contributed by atoms with Crippen LogP contribution in [0.4, 0.5) is 4.39 Å². The van der Waals surface area contributed by atoms with E-state index in [0.29, 0.717) is 0 Å². The molecule has 2 rings (SSSR count). The Morgan fingerprint density at radius 2 is 2.16 bits per heavy atom. The smallest absolute Gasteiger partial charge is 0.306 e. The van der Waals surface area contributed by atoms with Crippen molar-refractivity contribution in [1.29, 1.82) is 5.26 Å². The lowest BCUT2D eigenvalue weighted by atomic mass is 10.1. The highest BCUT2D eigenvalue weighted by Gasteiger charge is 2.05. The largest absolute Gasteiger partial charge is 0.490 e. The first-order valence-corrected chi connectivity index (χ1v) is 7.91. The topological polar surface area (TPSA) is 83.2 Å². The Morgan fingerprint density at radius 3 is 2.72 bits per heavy atom. The minimum absolute atomic E-state index is 0.0145. The molecule has 0 saturated carbocycles. The highest BCUT2D eigenvalue weighted by atomic mass is 19.1. The number of aromatic nitrogens is 1. The van der Waals surface area contributed by atoms with Gasteiger partial charge in [-0.25, -0.2) is 4.39 Å². The molecule has 0 fully saturated rings. The number of pyridine rings is 1. The molecule has 0 aliphatic heterocycles. The first kappa shape index (κ1) is 20.1. The van der Waals surface area contributed by atoms with Crippen LogP contribution in [0.5, 0.6) is 5.75 Å². The zero-order valence-electron chi connectivity index (χ0n) is 14.3. The molecule has 1 heterocycles. The quantitative estimate of drug-likeness (QED) is 0.858. The third kappa shape index (κ3) is 7.44. The summed E-state index contributed by atoms with van der Waals surface area (Å²) in [6, 6.07) is 12.3. The van der Waals surface area contributed by atoms with Crippen LogP contribution in [0.15, 0.2) is 42.6 Å². The van der Waals surface area contributed by atoms with E-state index in [9.17, 15) is 9.18 Å². The van der Waals surface area contributed by atoms with Gasteiger partial charge in [-0.3, -0.25) is 9.78 Å². The number of rotatable bonds is 6. The summed E-state index contributed by atoms with van der Waals surface area (Å²) < 4.78 is 18.2. The van der Waals surface area contributed by atoms with Gasteiger partial charge in [-0.2, -0.15) is 5.26 Å². The van der Waals surface area contributed by atoms with Gasteiger partial charge in [0.25, 0.3) is 0 Å². The number of halogens is 1. The van der Waals surface area contributed by atoms with E-state index in [2.05, 4.69) is 11.1 Å². The Labute approximate surface area is 146 Å². The molecule has 5 nitrogen and oxygen atoms in total. The van der Waals surface area contributed by atoms with Gasteiger partial charge in [-0.05, 0) is 43.2 Å². The third-order valence-corrected chi connectivity index (χ3v) is 3.30. The molecule has 0 saturated heterocycles. The summed E-state index contributed by atoms with van der Waals surface area (Å²) in [4.78, 5) is 14.3. The normalized spacial score (nSPS) is 10.8. The fourth-order valence-corrected chi connectivity index (χ4v) is 1.82. The zero-order chi connectivity index (χ0) is 18.7. The van der Waals surface area contributed by atoms with Gasteiger partial charge in [0.05, 0.1) is 30.7 Å². The summed E-state index contributed by atoms with van der Waals surface area (Å²) in [6.45, 7) is 3.77. The fraction of sp³-hybridized carbons (Fsp3) is 0.316. The van der Waals surface area contributed by atoms with Crippen molar-refractivity contribution >= 4 is 5.97 Å². The number of ether oxygens (including phenoxy) is 1. The molecule has 1 aromatic heterocycles. The summed E-state index contributed by atoms with van der Waals surface area (Å²) in [7, 11) is 0. The van der Waals surface area contributed by atoms with Gasteiger partial charge < -0.3 is 9.84 Å². The maximum absolute atomic E-state index is 13.2. The van der Waals surface area contributed by atoms with E-state index in [-0.39, 0.29) is 24.7 Å². The summed E-state index contributed by atoms with van der Waals surface area (Å²) in [6.07, 6.45) is 2.36. The summed E-state index contributed by atoms with van der Waals surface area (Å²) in [5, 5.41) is 16.9. The van der Waals surface area contributed by atoms with Crippen LogP contribution in [0.2, 0.25) is 0 Å². The van der Waals surface area contributed by atoms with Crippen molar-refractivity contribution in [2.75, 3.05) is 6.61 Å². The molecule has 0 bridgehead atoms. The van der Waals surface area contributed by atoms with Gasteiger partial charge in [-0.1, -0.05) is 19.1 Å². The molecule has 0 radical (unpaired) electrons. The molecule has 0 amide bonds. The van der Waals surface area contributed by atoms with E-state index in [1.807, 2.05) is 32.0 Å². The second-order valence-electron chi connectivity index (χ2n) is 5.22. The van der Waals surface area contributed by atoms with Crippen molar-refractivity contribution in [2.24, 2.45) is 0 Å².